The van der Waals surface area contributed by atoms with Crippen LogP contribution in [0.15, 0.2) is 0 Å². The van der Waals surface area contributed by atoms with Crippen LogP contribution in [0, 0.1) is 0 Å². The fourth-order valence-corrected chi connectivity index (χ4v) is 2.79. The quantitative estimate of drug-likeness (QED) is 0.907. The van der Waals surface area contributed by atoms with Crippen molar-refractivity contribution in [2.75, 3.05) is 11.5 Å². The van der Waals surface area contributed by atoms with Crippen molar-refractivity contribution in [3.05, 3.63) is 5.69 Å². The van der Waals surface area contributed by atoms with Crippen molar-refractivity contribution < 1.29 is 8.42 Å². The van der Waals surface area contributed by atoms with Gasteiger partial charge < -0.3 is 5.73 Å². The zero-order valence-corrected chi connectivity index (χ0v) is 13.4. The van der Waals surface area contributed by atoms with Crippen LogP contribution < -0.4 is 5.73 Å². The van der Waals surface area contributed by atoms with Crippen LogP contribution in [0.1, 0.15) is 47.2 Å². The molecule has 0 aliphatic carbocycles. The molecule has 0 aliphatic rings. The van der Waals surface area contributed by atoms with Crippen molar-refractivity contribution in [3.63, 3.8) is 0 Å². The SMILES string of the molecule is CC(C)(C)c1c(N)nnn1CCS(=O)(=O)C(C)(C)C. The molecule has 0 unspecified atom stereocenters. The lowest BCUT2D eigenvalue weighted by Crippen LogP contribution is -2.33. The topological polar surface area (TPSA) is 90.9 Å². The highest BCUT2D eigenvalue weighted by Gasteiger charge is 2.30. The third-order valence-electron chi connectivity index (χ3n) is 2.98. The second-order valence-electron chi connectivity index (χ2n) is 6.73. The second-order valence-corrected chi connectivity index (χ2v) is 9.59. The molecular formula is C12H24N4O2S. The van der Waals surface area contributed by atoms with Gasteiger partial charge in [-0.05, 0) is 20.8 Å². The highest BCUT2D eigenvalue weighted by atomic mass is 32.2. The van der Waals surface area contributed by atoms with Crippen LogP contribution in [-0.4, -0.2) is 33.9 Å². The number of nitrogen functional groups attached to an aromatic ring is 1. The van der Waals surface area contributed by atoms with Crippen LogP contribution in [0.4, 0.5) is 5.82 Å². The van der Waals surface area contributed by atoms with Crippen LogP contribution in [0.5, 0.6) is 0 Å². The third-order valence-corrected chi connectivity index (χ3v) is 5.56. The lowest BCUT2D eigenvalue weighted by molar-refractivity contribution is 0.488. The van der Waals surface area contributed by atoms with Crippen molar-refractivity contribution in [1.29, 1.82) is 0 Å². The molecule has 0 saturated heterocycles. The van der Waals surface area contributed by atoms with Gasteiger partial charge in [-0.1, -0.05) is 26.0 Å². The number of hydrogen-bond donors (Lipinski definition) is 1. The molecule has 7 heteroatoms. The number of sulfone groups is 1. The molecule has 0 bridgehead atoms. The van der Waals surface area contributed by atoms with Gasteiger partial charge in [0.25, 0.3) is 0 Å². The molecule has 0 radical (unpaired) electrons. The Labute approximate surface area is 115 Å². The summed E-state index contributed by atoms with van der Waals surface area (Å²) in [6.45, 7) is 11.4. The van der Waals surface area contributed by atoms with Gasteiger partial charge in [-0.3, -0.25) is 0 Å². The van der Waals surface area contributed by atoms with Crippen LogP contribution in [-0.2, 0) is 21.8 Å². The van der Waals surface area contributed by atoms with Crippen molar-refractivity contribution in [2.45, 2.75) is 58.2 Å². The van der Waals surface area contributed by atoms with Gasteiger partial charge in [0.2, 0.25) is 0 Å². The first-order valence-corrected chi connectivity index (χ1v) is 7.93. The first kappa shape index (κ1) is 15.9. The van der Waals surface area contributed by atoms with Crippen molar-refractivity contribution in [3.8, 4) is 0 Å². The van der Waals surface area contributed by atoms with E-state index in [0.717, 1.165) is 5.69 Å². The molecule has 0 atom stereocenters. The van der Waals surface area contributed by atoms with E-state index in [2.05, 4.69) is 10.3 Å². The summed E-state index contributed by atoms with van der Waals surface area (Å²) in [5.41, 5.74) is 6.36. The zero-order valence-electron chi connectivity index (χ0n) is 12.6. The Bertz CT molecular complexity index is 547. The molecule has 0 aromatic carbocycles. The van der Waals surface area contributed by atoms with Crippen molar-refractivity contribution in [1.82, 2.24) is 15.0 Å². The van der Waals surface area contributed by atoms with E-state index in [-0.39, 0.29) is 17.7 Å². The summed E-state index contributed by atoms with van der Waals surface area (Å²) in [7, 11) is -3.18. The van der Waals surface area contributed by atoms with E-state index in [1.54, 1.807) is 25.5 Å². The minimum absolute atomic E-state index is 0.0301. The van der Waals surface area contributed by atoms with Crippen molar-refractivity contribution in [2.24, 2.45) is 0 Å². The van der Waals surface area contributed by atoms with Gasteiger partial charge >= 0.3 is 0 Å². The van der Waals surface area contributed by atoms with Gasteiger partial charge in [0.15, 0.2) is 15.7 Å². The molecule has 1 aromatic rings. The second kappa shape index (κ2) is 4.77. The van der Waals surface area contributed by atoms with E-state index in [4.69, 9.17) is 5.73 Å². The predicted molar refractivity (Wildman–Crippen MR) is 76.7 cm³/mol. The summed E-state index contributed by atoms with van der Waals surface area (Å²) in [6, 6.07) is 0. The Balaban J connectivity index is 2.99. The number of hydrogen-bond acceptors (Lipinski definition) is 5. The standard InChI is InChI=1S/C12H24N4O2S/c1-11(2,3)9-10(13)14-15-16(9)7-8-19(17,18)12(4,5)6/h7-8,13H2,1-6H3. The van der Waals surface area contributed by atoms with Crippen molar-refractivity contribution >= 4 is 15.7 Å². The van der Waals surface area contributed by atoms with Crippen LogP contribution >= 0.6 is 0 Å². The summed E-state index contributed by atoms with van der Waals surface area (Å²) >= 11 is 0. The number of aryl methyl sites for hydroxylation is 1. The highest BCUT2D eigenvalue weighted by molar-refractivity contribution is 7.92. The first-order valence-electron chi connectivity index (χ1n) is 6.28. The molecule has 19 heavy (non-hydrogen) atoms. The molecule has 0 fully saturated rings. The van der Waals surface area contributed by atoms with Gasteiger partial charge in [0, 0.05) is 5.41 Å². The van der Waals surface area contributed by atoms with Crippen LogP contribution in [0.3, 0.4) is 0 Å². The van der Waals surface area contributed by atoms with Crippen LogP contribution in [0.2, 0.25) is 0 Å². The average Bonchev–Trinajstić information content (AvgIpc) is 2.54. The normalized spacial score (nSPS) is 13.8. The fraction of sp³-hybridized carbons (Fsp3) is 0.833. The number of nitrogens with two attached hydrogens (primary N) is 1. The number of nitrogens with zero attached hydrogens (tertiary/aromatic N) is 3. The van der Waals surface area contributed by atoms with Gasteiger partial charge in [0.1, 0.15) is 0 Å². The largest absolute Gasteiger partial charge is 0.381 e. The molecule has 1 rings (SSSR count). The summed E-state index contributed by atoms with van der Waals surface area (Å²) < 4.78 is 25.0. The summed E-state index contributed by atoms with van der Waals surface area (Å²) in [6.07, 6.45) is 0. The molecule has 0 amide bonds. The first-order chi connectivity index (χ1) is 8.36. The van der Waals surface area contributed by atoms with E-state index in [9.17, 15) is 8.42 Å². The Morgan fingerprint density at radius 2 is 1.68 bits per heavy atom. The maximum Gasteiger partial charge on any atom is 0.169 e. The van der Waals surface area contributed by atoms with E-state index in [1.807, 2.05) is 20.8 Å². The number of anilines is 1. The summed E-state index contributed by atoms with van der Waals surface area (Å²) in [5.74, 6) is 0.392. The fourth-order valence-electron chi connectivity index (χ4n) is 1.77. The molecule has 1 heterocycles. The van der Waals surface area contributed by atoms with Gasteiger partial charge in [-0.2, -0.15) is 0 Å². The maximum atomic E-state index is 12.1. The Hall–Kier alpha value is -1.11. The van der Waals surface area contributed by atoms with Gasteiger partial charge in [0.05, 0.1) is 22.7 Å². The van der Waals surface area contributed by atoms with E-state index in [0.29, 0.717) is 5.82 Å². The zero-order chi connectivity index (χ0) is 15.1. The highest BCUT2D eigenvalue weighted by Crippen LogP contribution is 2.26. The lowest BCUT2D eigenvalue weighted by Gasteiger charge is -2.22. The number of aromatic nitrogens is 3. The Morgan fingerprint density at radius 1 is 1.16 bits per heavy atom. The molecule has 0 saturated carbocycles. The lowest BCUT2D eigenvalue weighted by atomic mass is 9.92. The smallest absolute Gasteiger partial charge is 0.169 e. The van der Waals surface area contributed by atoms with E-state index < -0.39 is 14.6 Å². The molecule has 110 valence electrons. The average molecular weight is 288 g/mol. The minimum Gasteiger partial charge on any atom is -0.381 e. The number of rotatable bonds is 3. The molecule has 2 N–H and O–H groups in total. The molecule has 0 spiro atoms. The minimum atomic E-state index is -3.18. The predicted octanol–water partition coefficient (Wildman–Crippen LogP) is 1.37. The third kappa shape index (κ3) is 3.46. The summed E-state index contributed by atoms with van der Waals surface area (Å²) in [4.78, 5) is 0. The summed E-state index contributed by atoms with van der Waals surface area (Å²) in [5, 5.41) is 7.79. The molecule has 6 nitrogen and oxygen atoms in total. The van der Waals surface area contributed by atoms with E-state index in [1.165, 1.54) is 0 Å². The van der Waals surface area contributed by atoms with E-state index >= 15 is 0 Å². The maximum absolute atomic E-state index is 12.1. The van der Waals surface area contributed by atoms with Crippen LogP contribution in [0.25, 0.3) is 0 Å². The molecule has 0 aliphatic heterocycles. The molecule has 1 aromatic heterocycles. The van der Waals surface area contributed by atoms with Gasteiger partial charge in [-0.15, -0.1) is 5.10 Å². The Morgan fingerprint density at radius 3 is 2.11 bits per heavy atom. The molecular weight excluding hydrogens is 264 g/mol. The Kier molecular flexibility index (Phi) is 4.01. The van der Waals surface area contributed by atoms with Gasteiger partial charge in [-0.25, -0.2) is 13.1 Å². The monoisotopic (exact) mass is 288 g/mol.